The maximum atomic E-state index is 13.1. The zero-order valence-electron chi connectivity index (χ0n) is 16.8. The van der Waals surface area contributed by atoms with Crippen LogP contribution in [0, 0.1) is 11.3 Å². The smallest absolute Gasteiger partial charge is 0.322 e. The molecule has 0 radical (unpaired) electrons. The quantitative estimate of drug-likeness (QED) is 0.248. The molecule has 0 aliphatic rings. The number of benzene rings is 1. The third kappa shape index (κ3) is 6.57. The molecule has 8 heteroatoms. The van der Waals surface area contributed by atoms with Gasteiger partial charge in [-0.15, -0.1) is 0 Å². The van der Waals surface area contributed by atoms with Crippen molar-refractivity contribution in [2.45, 2.75) is 40.7 Å². The first kappa shape index (κ1) is 24.6. The fraction of sp³-hybridized carbons (Fsp3) is 0.550. The lowest BCUT2D eigenvalue weighted by Gasteiger charge is -2.25. The molecule has 1 rings (SSSR count). The molecule has 0 aromatic heterocycles. The molecule has 0 fully saturated rings. The minimum atomic E-state index is -1.28. The molecule has 156 valence electrons. The summed E-state index contributed by atoms with van der Waals surface area (Å²) in [5.74, 6) is -2.22. The number of hydrogen-bond donors (Lipinski definition) is 1. The average molecular weight is 477 g/mol. The summed E-state index contributed by atoms with van der Waals surface area (Å²) >= 11 is 9.67. The lowest BCUT2D eigenvalue weighted by Crippen LogP contribution is -2.32. The summed E-state index contributed by atoms with van der Waals surface area (Å²) in [5.41, 5.74) is -0.219. The summed E-state index contributed by atoms with van der Waals surface area (Å²) in [6.07, 6.45) is 1.24. The summed E-state index contributed by atoms with van der Waals surface area (Å²) in [5, 5.41) is 9.71. The molecule has 1 N–H and O–H groups in total. The van der Waals surface area contributed by atoms with Gasteiger partial charge in [-0.3, -0.25) is 14.6 Å². The summed E-state index contributed by atoms with van der Waals surface area (Å²) in [7, 11) is 0. The average Bonchev–Trinajstić information content (AvgIpc) is 2.60. The predicted octanol–water partition coefficient (Wildman–Crippen LogP) is 4.34. The van der Waals surface area contributed by atoms with Gasteiger partial charge in [-0.1, -0.05) is 48.3 Å². The number of aliphatic imine (C=N–C) groups is 1. The van der Waals surface area contributed by atoms with Crippen LogP contribution in [0.3, 0.4) is 0 Å². The number of ether oxygens (including phenoxy) is 2. The summed E-state index contributed by atoms with van der Waals surface area (Å²) in [6.45, 7) is 9.46. The molecule has 0 saturated heterocycles. The van der Waals surface area contributed by atoms with Crippen LogP contribution < -0.4 is 4.74 Å². The highest BCUT2D eigenvalue weighted by molar-refractivity contribution is 9.10. The van der Waals surface area contributed by atoms with Gasteiger partial charge in [0.05, 0.1) is 30.9 Å². The first-order valence-corrected chi connectivity index (χ1v) is 10.2. The maximum absolute atomic E-state index is 13.1. The monoisotopic (exact) mass is 475 g/mol. The van der Waals surface area contributed by atoms with Crippen LogP contribution in [0.1, 0.15) is 45.0 Å². The second-order valence-electron chi connectivity index (χ2n) is 7.15. The van der Waals surface area contributed by atoms with Crippen molar-refractivity contribution in [1.82, 2.24) is 0 Å². The molecular formula is C20H27BrClNO5. The van der Waals surface area contributed by atoms with Crippen LogP contribution in [0.4, 0.5) is 0 Å². The Balaban J connectivity index is 3.36. The van der Waals surface area contributed by atoms with Gasteiger partial charge in [0.1, 0.15) is 5.75 Å². The molecule has 28 heavy (non-hydrogen) atoms. The van der Waals surface area contributed by atoms with Gasteiger partial charge in [-0.25, -0.2) is 0 Å². The number of Topliss-reactive ketones (excluding diaryl/α,β-unsaturated/α-hetero) is 1. The topological polar surface area (TPSA) is 85.2 Å². The number of aliphatic hydroxyl groups is 1. The lowest BCUT2D eigenvalue weighted by molar-refractivity contribution is -0.144. The van der Waals surface area contributed by atoms with Crippen molar-refractivity contribution in [2.24, 2.45) is 16.3 Å². The number of hydrogen-bond acceptors (Lipinski definition) is 6. The highest BCUT2D eigenvalue weighted by Crippen LogP contribution is 2.34. The van der Waals surface area contributed by atoms with Crippen LogP contribution in [-0.4, -0.2) is 48.9 Å². The van der Waals surface area contributed by atoms with Crippen LogP contribution >= 0.6 is 27.5 Å². The van der Waals surface area contributed by atoms with E-state index < -0.39 is 23.7 Å². The Morgan fingerprint density at radius 2 is 1.93 bits per heavy atom. The van der Waals surface area contributed by atoms with Crippen LogP contribution in [0.5, 0.6) is 5.75 Å². The molecule has 2 atom stereocenters. The van der Waals surface area contributed by atoms with Gasteiger partial charge in [0.2, 0.25) is 0 Å². The van der Waals surface area contributed by atoms with Crippen molar-refractivity contribution in [3.05, 3.63) is 27.2 Å². The Labute approximate surface area is 179 Å². The zero-order chi connectivity index (χ0) is 21.5. The standard InChI is InChI=1S/C20H27BrClNO5/c1-6-27-15-9-12(21)8-13(17(15)22)18(25)14(19(26)28-7-2)10-23-16(11-24)20(3,4)5/h8-10,14,16,24H,6-7,11H2,1-5H3. The van der Waals surface area contributed by atoms with Gasteiger partial charge in [0.15, 0.2) is 11.7 Å². The van der Waals surface area contributed by atoms with Crippen molar-refractivity contribution in [3.8, 4) is 5.75 Å². The molecule has 0 aliphatic heterocycles. The number of carbonyl (C=O) groups is 2. The number of nitrogens with zero attached hydrogens (tertiary/aromatic N) is 1. The second-order valence-corrected chi connectivity index (χ2v) is 8.45. The van der Waals surface area contributed by atoms with E-state index in [1.165, 1.54) is 12.3 Å². The predicted molar refractivity (Wildman–Crippen MR) is 114 cm³/mol. The number of aliphatic hydroxyl groups excluding tert-OH is 1. The highest BCUT2D eigenvalue weighted by Gasteiger charge is 2.31. The van der Waals surface area contributed by atoms with Gasteiger partial charge in [-0.2, -0.15) is 0 Å². The molecular weight excluding hydrogens is 450 g/mol. The molecule has 0 amide bonds. The molecule has 1 aromatic carbocycles. The van der Waals surface area contributed by atoms with Crippen molar-refractivity contribution >= 4 is 45.5 Å². The SMILES string of the molecule is CCOC(=O)C(C=NC(CO)C(C)(C)C)C(=O)c1cc(Br)cc(OCC)c1Cl. The van der Waals surface area contributed by atoms with E-state index in [4.69, 9.17) is 21.1 Å². The maximum Gasteiger partial charge on any atom is 0.322 e. The van der Waals surface area contributed by atoms with Crippen molar-refractivity contribution < 1.29 is 24.2 Å². The van der Waals surface area contributed by atoms with Crippen LogP contribution in [0.2, 0.25) is 5.02 Å². The number of ketones is 1. The molecule has 0 heterocycles. The third-order valence-corrected chi connectivity index (χ3v) is 4.83. The Kier molecular flexibility index (Phi) is 9.60. The summed E-state index contributed by atoms with van der Waals surface area (Å²) in [6, 6.07) is 2.70. The molecule has 0 saturated carbocycles. The molecule has 0 spiro atoms. The second kappa shape index (κ2) is 10.9. The van der Waals surface area contributed by atoms with E-state index in [1.54, 1.807) is 19.9 Å². The van der Waals surface area contributed by atoms with Gasteiger partial charge in [-0.05, 0) is 31.4 Å². The minimum absolute atomic E-state index is 0.118. The largest absolute Gasteiger partial charge is 0.492 e. The Morgan fingerprint density at radius 3 is 2.43 bits per heavy atom. The van der Waals surface area contributed by atoms with Crippen LogP contribution in [0.25, 0.3) is 0 Å². The molecule has 1 aromatic rings. The van der Waals surface area contributed by atoms with Crippen LogP contribution in [0.15, 0.2) is 21.6 Å². The normalized spacial score (nSPS) is 14.0. The van der Waals surface area contributed by atoms with E-state index >= 15 is 0 Å². The van der Waals surface area contributed by atoms with E-state index in [0.717, 1.165) is 0 Å². The van der Waals surface area contributed by atoms with E-state index in [9.17, 15) is 14.7 Å². The minimum Gasteiger partial charge on any atom is -0.492 e. The van der Waals surface area contributed by atoms with E-state index in [1.807, 2.05) is 20.8 Å². The van der Waals surface area contributed by atoms with Crippen molar-refractivity contribution in [3.63, 3.8) is 0 Å². The van der Waals surface area contributed by atoms with Gasteiger partial charge in [0, 0.05) is 16.3 Å². The molecule has 2 unspecified atom stereocenters. The van der Waals surface area contributed by atoms with Gasteiger partial charge >= 0.3 is 5.97 Å². The number of esters is 1. The third-order valence-electron chi connectivity index (χ3n) is 3.98. The molecule has 0 aliphatic carbocycles. The first-order valence-electron chi connectivity index (χ1n) is 9.03. The van der Waals surface area contributed by atoms with Gasteiger partial charge < -0.3 is 14.6 Å². The van der Waals surface area contributed by atoms with E-state index in [0.29, 0.717) is 16.8 Å². The number of carbonyl (C=O) groups excluding carboxylic acids is 2. The van der Waals surface area contributed by atoms with E-state index in [-0.39, 0.29) is 29.2 Å². The summed E-state index contributed by atoms with van der Waals surface area (Å²) in [4.78, 5) is 29.9. The van der Waals surface area contributed by atoms with Crippen molar-refractivity contribution in [1.29, 1.82) is 0 Å². The first-order chi connectivity index (χ1) is 13.1. The van der Waals surface area contributed by atoms with Gasteiger partial charge in [0.25, 0.3) is 0 Å². The zero-order valence-corrected chi connectivity index (χ0v) is 19.1. The Morgan fingerprint density at radius 1 is 1.29 bits per heavy atom. The Bertz CT molecular complexity index is 730. The lowest BCUT2D eigenvalue weighted by atomic mass is 9.87. The molecule has 6 nitrogen and oxygen atoms in total. The number of rotatable bonds is 9. The van der Waals surface area contributed by atoms with Crippen LogP contribution in [-0.2, 0) is 9.53 Å². The van der Waals surface area contributed by atoms with Crippen molar-refractivity contribution in [2.75, 3.05) is 19.8 Å². The van der Waals surface area contributed by atoms with E-state index in [2.05, 4.69) is 20.9 Å². The fourth-order valence-corrected chi connectivity index (χ4v) is 3.07. The number of halogens is 2. The fourth-order valence-electron chi connectivity index (χ4n) is 2.37. The molecule has 0 bridgehead atoms. The summed E-state index contributed by atoms with van der Waals surface area (Å²) < 4.78 is 11.1. The highest BCUT2D eigenvalue weighted by atomic mass is 79.9. The Hall–Kier alpha value is -1.44.